The zero-order valence-electron chi connectivity index (χ0n) is 22.2. The summed E-state index contributed by atoms with van der Waals surface area (Å²) in [6, 6.07) is 22.8. The average molecular weight is 552 g/mol. The van der Waals surface area contributed by atoms with Gasteiger partial charge in [-0.05, 0) is 42.3 Å². The number of hydrogen-bond donors (Lipinski definition) is 2. The van der Waals surface area contributed by atoms with Gasteiger partial charge in [0, 0.05) is 35.2 Å². The third-order valence-electron chi connectivity index (χ3n) is 6.25. The van der Waals surface area contributed by atoms with Gasteiger partial charge in [0.05, 0.1) is 25.9 Å². The van der Waals surface area contributed by atoms with E-state index in [1.54, 1.807) is 31.0 Å². The zero-order chi connectivity index (χ0) is 27.8. The molecule has 0 radical (unpaired) electrons. The van der Waals surface area contributed by atoms with Crippen molar-refractivity contribution in [3.63, 3.8) is 0 Å². The number of para-hydroxylation sites is 1. The fourth-order valence-electron chi connectivity index (χ4n) is 4.25. The molecule has 1 aliphatic heterocycles. The summed E-state index contributed by atoms with van der Waals surface area (Å²) in [4.78, 5) is 24.7. The molecule has 0 bridgehead atoms. The predicted octanol–water partition coefficient (Wildman–Crippen LogP) is 5.42. The van der Waals surface area contributed by atoms with E-state index in [2.05, 4.69) is 5.32 Å². The molecule has 0 unspecified atom stereocenters. The second kappa shape index (κ2) is 13.6. The van der Waals surface area contributed by atoms with Gasteiger partial charge in [-0.3, -0.25) is 9.59 Å². The van der Waals surface area contributed by atoms with Crippen LogP contribution in [0.5, 0.6) is 5.75 Å². The number of methoxy groups -OCH3 is 1. The number of anilines is 1. The van der Waals surface area contributed by atoms with Gasteiger partial charge >= 0.3 is 5.97 Å². The largest absolute Gasteiger partial charge is 0.496 e. The van der Waals surface area contributed by atoms with Gasteiger partial charge in [0.15, 0.2) is 12.4 Å². The number of esters is 1. The van der Waals surface area contributed by atoms with E-state index in [-0.39, 0.29) is 18.8 Å². The van der Waals surface area contributed by atoms with Crippen LogP contribution >= 0.6 is 11.8 Å². The van der Waals surface area contributed by atoms with Crippen LogP contribution in [0.3, 0.4) is 0 Å². The van der Waals surface area contributed by atoms with Gasteiger partial charge in [0.1, 0.15) is 5.75 Å². The topological polar surface area (TPSA) is 103 Å². The number of aliphatic hydroxyl groups excluding tert-OH is 1. The molecule has 0 aromatic heterocycles. The summed E-state index contributed by atoms with van der Waals surface area (Å²) in [5.74, 6) is 0.543. The molecule has 1 amide bonds. The standard InChI is InChI=1S/C30H33NO7S/c1-19(36-20(2)33)29(34)31-24-8-6-7-23(15-24)30-37-25(18-39-28-10-5-4-9-26(28)35-3)16-27(38-30)22-13-11-21(17-32)12-14-22/h4-15,19,25,27,30,32H,16-18H2,1-3H3,(H,31,34)/t19-,25-,27+,30+/m0/s1. The number of benzene rings is 3. The number of rotatable bonds is 10. The summed E-state index contributed by atoms with van der Waals surface area (Å²) in [7, 11) is 1.66. The van der Waals surface area contributed by atoms with Crippen molar-refractivity contribution in [1.82, 2.24) is 0 Å². The van der Waals surface area contributed by atoms with Crippen molar-refractivity contribution in [2.24, 2.45) is 0 Å². The Morgan fingerprint density at radius 3 is 2.54 bits per heavy atom. The van der Waals surface area contributed by atoms with Crippen LogP contribution in [0.25, 0.3) is 0 Å². The molecule has 8 nitrogen and oxygen atoms in total. The Balaban J connectivity index is 1.53. The SMILES string of the molecule is COc1ccccc1SC[C@@H]1C[C@H](c2ccc(CO)cc2)O[C@H](c2cccc(NC(=O)[C@H](C)OC(C)=O)c2)O1. The van der Waals surface area contributed by atoms with Gasteiger partial charge in [-0.25, -0.2) is 0 Å². The maximum Gasteiger partial charge on any atom is 0.303 e. The first-order valence-electron chi connectivity index (χ1n) is 12.7. The lowest BCUT2D eigenvalue weighted by Gasteiger charge is -2.36. The highest BCUT2D eigenvalue weighted by Gasteiger charge is 2.32. The quantitative estimate of drug-likeness (QED) is 0.255. The van der Waals surface area contributed by atoms with E-state index >= 15 is 0 Å². The van der Waals surface area contributed by atoms with Gasteiger partial charge < -0.3 is 29.4 Å². The molecule has 0 saturated carbocycles. The minimum absolute atomic E-state index is 0.0235. The minimum atomic E-state index is -0.920. The summed E-state index contributed by atoms with van der Waals surface area (Å²) < 4.78 is 23.3. The fraction of sp³-hybridized carbons (Fsp3) is 0.333. The van der Waals surface area contributed by atoms with Gasteiger partial charge in [-0.15, -0.1) is 11.8 Å². The Bertz CT molecular complexity index is 1270. The first kappa shape index (κ1) is 28.6. The molecule has 206 valence electrons. The van der Waals surface area contributed by atoms with Crippen molar-refractivity contribution < 1.29 is 33.6 Å². The highest BCUT2D eigenvalue weighted by Crippen LogP contribution is 2.40. The van der Waals surface area contributed by atoms with Crippen molar-refractivity contribution in [3.8, 4) is 5.75 Å². The number of hydrogen-bond acceptors (Lipinski definition) is 8. The molecule has 4 rings (SSSR count). The number of thioether (sulfide) groups is 1. The molecular formula is C30H33NO7S. The van der Waals surface area contributed by atoms with Crippen LogP contribution in [-0.2, 0) is 30.4 Å². The Hall–Kier alpha value is -3.37. The number of ether oxygens (including phenoxy) is 4. The van der Waals surface area contributed by atoms with Gasteiger partial charge in [0.2, 0.25) is 0 Å². The van der Waals surface area contributed by atoms with Crippen LogP contribution < -0.4 is 10.1 Å². The van der Waals surface area contributed by atoms with Crippen LogP contribution in [0, 0.1) is 0 Å². The molecule has 1 heterocycles. The Kier molecular flexibility index (Phi) is 10.00. The summed E-state index contributed by atoms with van der Waals surface area (Å²) in [6.45, 7) is 2.76. The third kappa shape index (κ3) is 7.83. The Morgan fingerprint density at radius 2 is 1.82 bits per heavy atom. The van der Waals surface area contributed by atoms with Crippen molar-refractivity contribution in [2.75, 3.05) is 18.2 Å². The third-order valence-corrected chi connectivity index (χ3v) is 7.43. The molecule has 0 spiro atoms. The van der Waals surface area contributed by atoms with E-state index in [4.69, 9.17) is 18.9 Å². The van der Waals surface area contributed by atoms with Crippen LogP contribution in [0.15, 0.2) is 77.7 Å². The monoisotopic (exact) mass is 551 g/mol. The Morgan fingerprint density at radius 1 is 1.05 bits per heavy atom. The first-order chi connectivity index (χ1) is 18.9. The van der Waals surface area contributed by atoms with Crippen molar-refractivity contribution in [3.05, 3.63) is 89.5 Å². The van der Waals surface area contributed by atoms with E-state index in [1.165, 1.54) is 13.8 Å². The molecular weight excluding hydrogens is 518 g/mol. The number of carbonyl (C=O) groups is 2. The number of nitrogens with one attached hydrogen (secondary N) is 1. The normalized spacial score (nSPS) is 19.6. The van der Waals surface area contributed by atoms with Crippen molar-refractivity contribution in [1.29, 1.82) is 0 Å². The van der Waals surface area contributed by atoms with Crippen LogP contribution in [0.2, 0.25) is 0 Å². The van der Waals surface area contributed by atoms with E-state index in [0.29, 0.717) is 17.9 Å². The van der Waals surface area contributed by atoms with Crippen LogP contribution in [-0.4, -0.2) is 42.1 Å². The molecule has 3 aromatic rings. The zero-order valence-corrected chi connectivity index (χ0v) is 23.0. The summed E-state index contributed by atoms with van der Waals surface area (Å²) in [5, 5.41) is 12.2. The summed E-state index contributed by atoms with van der Waals surface area (Å²) >= 11 is 1.66. The van der Waals surface area contributed by atoms with Gasteiger partial charge in [-0.2, -0.15) is 0 Å². The van der Waals surface area contributed by atoms with E-state index in [1.807, 2.05) is 60.7 Å². The fourth-order valence-corrected chi connectivity index (χ4v) is 5.30. The van der Waals surface area contributed by atoms with Crippen LogP contribution in [0.4, 0.5) is 5.69 Å². The van der Waals surface area contributed by atoms with Gasteiger partial charge in [-0.1, -0.05) is 48.5 Å². The second-order valence-electron chi connectivity index (χ2n) is 9.18. The van der Waals surface area contributed by atoms with Crippen molar-refractivity contribution >= 4 is 29.3 Å². The maximum absolute atomic E-state index is 12.5. The van der Waals surface area contributed by atoms with Gasteiger partial charge in [0.25, 0.3) is 5.91 Å². The lowest BCUT2D eigenvalue weighted by Crippen LogP contribution is -2.31. The molecule has 4 atom stereocenters. The van der Waals surface area contributed by atoms with E-state index < -0.39 is 24.3 Å². The molecule has 9 heteroatoms. The Labute approximate surface area is 232 Å². The lowest BCUT2D eigenvalue weighted by molar-refractivity contribution is -0.245. The molecule has 2 N–H and O–H groups in total. The average Bonchev–Trinajstić information content (AvgIpc) is 2.96. The number of amides is 1. The molecule has 1 saturated heterocycles. The predicted molar refractivity (Wildman–Crippen MR) is 148 cm³/mol. The number of carbonyl (C=O) groups excluding carboxylic acids is 2. The smallest absolute Gasteiger partial charge is 0.303 e. The summed E-state index contributed by atoms with van der Waals surface area (Å²) in [5.41, 5.74) is 3.11. The summed E-state index contributed by atoms with van der Waals surface area (Å²) in [6.07, 6.45) is -1.32. The van der Waals surface area contributed by atoms with Crippen LogP contribution in [0.1, 0.15) is 49.4 Å². The lowest BCUT2D eigenvalue weighted by atomic mass is 10.0. The molecule has 39 heavy (non-hydrogen) atoms. The van der Waals surface area contributed by atoms with E-state index in [9.17, 15) is 14.7 Å². The van der Waals surface area contributed by atoms with E-state index in [0.717, 1.165) is 27.3 Å². The highest BCUT2D eigenvalue weighted by atomic mass is 32.2. The van der Waals surface area contributed by atoms with Crippen molar-refractivity contribution in [2.45, 2.75) is 56.4 Å². The maximum atomic E-state index is 12.5. The minimum Gasteiger partial charge on any atom is -0.496 e. The second-order valence-corrected chi connectivity index (χ2v) is 10.2. The molecule has 0 aliphatic carbocycles. The highest BCUT2D eigenvalue weighted by molar-refractivity contribution is 7.99. The molecule has 3 aromatic carbocycles. The molecule has 1 aliphatic rings. The molecule has 1 fully saturated rings. The first-order valence-corrected chi connectivity index (χ1v) is 13.7. The number of aliphatic hydroxyl groups is 1.